The van der Waals surface area contributed by atoms with Crippen molar-refractivity contribution in [2.45, 2.75) is 26.7 Å². The Balaban J connectivity index is 2.50. The molecule has 106 valence electrons. The first-order valence-corrected chi connectivity index (χ1v) is 6.38. The van der Waals surface area contributed by atoms with Crippen molar-refractivity contribution in [2.24, 2.45) is 0 Å². The second-order valence-corrected chi connectivity index (χ2v) is 4.60. The van der Waals surface area contributed by atoms with Crippen LogP contribution in [0, 0.1) is 6.92 Å². The summed E-state index contributed by atoms with van der Waals surface area (Å²) in [7, 11) is 1.60. The number of nitrogens with one attached hydrogen (secondary N) is 2. The van der Waals surface area contributed by atoms with Gasteiger partial charge in [0.2, 0.25) is 5.91 Å². The van der Waals surface area contributed by atoms with E-state index in [1.54, 1.807) is 7.11 Å². The lowest BCUT2D eigenvalue weighted by molar-refractivity contribution is -0.119. The Kier molecular flexibility index (Phi) is 6.21. The first kappa shape index (κ1) is 15.4. The van der Waals surface area contributed by atoms with E-state index in [9.17, 15) is 4.79 Å². The van der Waals surface area contributed by atoms with Gasteiger partial charge in [-0.3, -0.25) is 4.79 Å². The summed E-state index contributed by atoms with van der Waals surface area (Å²) in [5, 5.41) is 5.74. The van der Waals surface area contributed by atoms with E-state index in [0.717, 1.165) is 11.5 Å². The molecule has 1 heterocycles. The zero-order valence-corrected chi connectivity index (χ0v) is 12.0. The van der Waals surface area contributed by atoms with E-state index >= 15 is 0 Å². The smallest absolute Gasteiger partial charge is 0.239 e. The van der Waals surface area contributed by atoms with Gasteiger partial charge >= 0.3 is 0 Å². The lowest BCUT2D eigenvalue weighted by atomic mass is 10.2. The number of rotatable bonds is 7. The summed E-state index contributed by atoms with van der Waals surface area (Å²) in [4.78, 5) is 20.2. The molecule has 0 saturated carbocycles. The number of nitrogens with zero attached hydrogens (tertiary/aromatic N) is 2. The van der Waals surface area contributed by atoms with Crippen molar-refractivity contribution in [3.8, 4) is 0 Å². The van der Waals surface area contributed by atoms with E-state index in [1.807, 2.05) is 26.8 Å². The Morgan fingerprint density at radius 2 is 2.16 bits per heavy atom. The van der Waals surface area contributed by atoms with Crippen LogP contribution in [-0.4, -0.2) is 42.7 Å². The summed E-state index contributed by atoms with van der Waals surface area (Å²) >= 11 is 0. The van der Waals surface area contributed by atoms with Gasteiger partial charge in [0.15, 0.2) is 0 Å². The SMILES string of the molecule is COCCNC(=O)CNc1cc(C)nc(C(C)C)n1. The quantitative estimate of drug-likeness (QED) is 0.722. The lowest BCUT2D eigenvalue weighted by Gasteiger charge is -2.10. The van der Waals surface area contributed by atoms with Gasteiger partial charge in [-0.25, -0.2) is 9.97 Å². The molecule has 0 aliphatic heterocycles. The molecule has 0 spiro atoms. The molecule has 1 aromatic rings. The van der Waals surface area contributed by atoms with Crippen LogP contribution in [0.15, 0.2) is 6.07 Å². The van der Waals surface area contributed by atoms with Gasteiger partial charge in [-0.05, 0) is 6.92 Å². The van der Waals surface area contributed by atoms with E-state index in [2.05, 4.69) is 20.6 Å². The first-order chi connectivity index (χ1) is 9.02. The van der Waals surface area contributed by atoms with Gasteiger partial charge in [0.05, 0.1) is 13.2 Å². The zero-order chi connectivity index (χ0) is 14.3. The Labute approximate surface area is 114 Å². The molecule has 0 radical (unpaired) electrons. The highest BCUT2D eigenvalue weighted by molar-refractivity contribution is 5.80. The van der Waals surface area contributed by atoms with Gasteiger partial charge < -0.3 is 15.4 Å². The minimum absolute atomic E-state index is 0.0839. The second kappa shape index (κ2) is 7.68. The molecule has 0 unspecified atom stereocenters. The Morgan fingerprint density at radius 1 is 1.42 bits per heavy atom. The predicted octanol–water partition coefficient (Wildman–Crippen LogP) is 1.08. The maximum absolute atomic E-state index is 11.5. The summed E-state index contributed by atoms with van der Waals surface area (Å²) in [6.07, 6.45) is 0. The number of aryl methyl sites for hydroxylation is 1. The molecule has 0 fully saturated rings. The predicted molar refractivity (Wildman–Crippen MR) is 74.2 cm³/mol. The number of ether oxygens (including phenoxy) is 1. The number of carbonyl (C=O) groups excluding carboxylic acids is 1. The number of carbonyl (C=O) groups is 1. The summed E-state index contributed by atoms with van der Waals surface area (Å²) in [5.41, 5.74) is 0.890. The van der Waals surface area contributed by atoms with Gasteiger partial charge in [0.1, 0.15) is 11.6 Å². The maximum atomic E-state index is 11.5. The molecule has 1 rings (SSSR count). The average Bonchev–Trinajstić information content (AvgIpc) is 2.36. The van der Waals surface area contributed by atoms with E-state index in [4.69, 9.17) is 4.74 Å². The molecule has 1 aromatic heterocycles. The summed E-state index contributed by atoms with van der Waals surface area (Å²) in [6.45, 7) is 7.20. The van der Waals surface area contributed by atoms with E-state index < -0.39 is 0 Å². The van der Waals surface area contributed by atoms with Gasteiger partial charge in [0.25, 0.3) is 0 Å². The molecule has 1 amide bonds. The minimum Gasteiger partial charge on any atom is -0.383 e. The molecule has 0 bridgehead atoms. The molecule has 0 aromatic carbocycles. The van der Waals surface area contributed by atoms with Gasteiger partial charge in [-0.1, -0.05) is 13.8 Å². The third kappa shape index (κ3) is 5.65. The van der Waals surface area contributed by atoms with Crippen molar-refractivity contribution in [3.05, 3.63) is 17.6 Å². The highest BCUT2D eigenvalue weighted by atomic mass is 16.5. The van der Waals surface area contributed by atoms with E-state index in [1.165, 1.54) is 0 Å². The second-order valence-electron chi connectivity index (χ2n) is 4.60. The zero-order valence-electron chi connectivity index (χ0n) is 12.0. The van der Waals surface area contributed by atoms with Crippen LogP contribution in [0.5, 0.6) is 0 Å². The summed E-state index contributed by atoms with van der Waals surface area (Å²) in [6, 6.07) is 1.83. The monoisotopic (exact) mass is 266 g/mol. The van der Waals surface area contributed by atoms with Crippen LogP contribution >= 0.6 is 0 Å². The molecule has 0 aliphatic carbocycles. The number of aromatic nitrogens is 2. The number of amides is 1. The molecule has 2 N–H and O–H groups in total. The van der Waals surface area contributed by atoms with Crippen molar-refractivity contribution in [2.75, 3.05) is 32.1 Å². The van der Waals surface area contributed by atoms with Crippen molar-refractivity contribution >= 4 is 11.7 Å². The topological polar surface area (TPSA) is 76.1 Å². The number of anilines is 1. The van der Waals surface area contributed by atoms with Crippen LogP contribution in [0.3, 0.4) is 0 Å². The fourth-order valence-corrected chi connectivity index (χ4v) is 1.47. The summed E-state index contributed by atoms with van der Waals surface area (Å²) < 4.78 is 4.86. The Bertz CT molecular complexity index is 421. The molecular weight excluding hydrogens is 244 g/mol. The van der Waals surface area contributed by atoms with Crippen LogP contribution in [0.4, 0.5) is 5.82 Å². The van der Waals surface area contributed by atoms with Gasteiger partial charge in [0, 0.05) is 31.3 Å². The van der Waals surface area contributed by atoms with Crippen molar-refractivity contribution in [1.82, 2.24) is 15.3 Å². The molecular formula is C13H22N4O2. The lowest BCUT2D eigenvalue weighted by Crippen LogP contribution is -2.32. The fraction of sp³-hybridized carbons (Fsp3) is 0.615. The molecule has 6 nitrogen and oxygen atoms in total. The van der Waals surface area contributed by atoms with Crippen molar-refractivity contribution in [3.63, 3.8) is 0 Å². The molecule has 6 heteroatoms. The maximum Gasteiger partial charge on any atom is 0.239 e. The number of hydrogen-bond acceptors (Lipinski definition) is 5. The molecule has 0 atom stereocenters. The number of hydrogen-bond donors (Lipinski definition) is 2. The van der Waals surface area contributed by atoms with Crippen molar-refractivity contribution in [1.29, 1.82) is 0 Å². The first-order valence-electron chi connectivity index (χ1n) is 6.38. The highest BCUT2D eigenvalue weighted by Crippen LogP contribution is 2.13. The third-order valence-electron chi connectivity index (χ3n) is 2.45. The van der Waals surface area contributed by atoms with Crippen LogP contribution in [0.25, 0.3) is 0 Å². The molecule has 0 saturated heterocycles. The largest absolute Gasteiger partial charge is 0.383 e. The minimum atomic E-state index is -0.0839. The Hall–Kier alpha value is -1.69. The normalized spacial score (nSPS) is 10.6. The van der Waals surface area contributed by atoms with Crippen molar-refractivity contribution < 1.29 is 9.53 Å². The summed E-state index contributed by atoms with van der Waals surface area (Å²) in [5.74, 6) is 1.63. The average molecular weight is 266 g/mol. The van der Waals surface area contributed by atoms with E-state index in [0.29, 0.717) is 19.0 Å². The Morgan fingerprint density at radius 3 is 2.79 bits per heavy atom. The van der Waals surface area contributed by atoms with Gasteiger partial charge in [-0.2, -0.15) is 0 Å². The van der Waals surface area contributed by atoms with E-state index in [-0.39, 0.29) is 18.4 Å². The third-order valence-corrected chi connectivity index (χ3v) is 2.45. The van der Waals surface area contributed by atoms with Crippen LogP contribution in [0.1, 0.15) is 31.3 Å². The highest BCUT2D eigenvalue weighted by Gasteiger charge is 2.07. The van der Waals surface area contributed by atoms with Crippen LogP contribution < -0.4 is 10.6 Å². The number of methoxy groups -OCH3 is 1. The van der Waals surface area contributed by atoms with Crippen LogP contribution in [-0.2, 0) is 9.53 Å². The molecule has 0 aliphatic rings. The standard InChI is InChI=1S/C13H22N4O2/c1-9(2)13-16-10(3)7-11(17-13)15-8-12(18)14-5-6-19-4/h7,9H,5-6,8H2,1-4H3,(H,14,18)(H,15,16,17). The molecule has 19 heavy (non-hydrogen) atoms. The fourth-order valence-electron chi connectivity index (χ4n) is 1.47. The van der Waals surface area contributed by atoms with Crippen LogP contribution in [0.2, 0.25) is 0 Å². The van der Waals surface area contributed by atoms with Gasteiger partial charge in [-0.15, -0.1) is 0 Å².